The topological polar surface area (TPSA) is 172 Å². The molecule has 5 N–H and O–H groups in total. The molecule has 34 heavy (non-hydrogen) atoms. The summed E-state index contributed by atoms with van der Waals surface area (Å²) in [7, 11) is 1.45. The fourth-order valence-corrected chi connectivity index (χ4v) is 4.10. The van der Waals surface area contributed by atoms with E-state index in [4.69, 9.17) is 24.1 Å². The molecular weight excluding hydrogens is 452 g/mol. The largest absolute Gasteiger partial charge is 0.496 e. The summed E-state index contributed by atoms with van der Waals surface area (Å²) in [5.74, 6) is -1.13. The first-order valence-electron chi connectivity index (χ1n) is 10.8. The number of rotatable bonds is 9. The molecule has 0 aromatic heterocycles. The van der Waals surface area contributed by atoms with E-state index in [2.05, 4.69) is 0 Å². The number of ether oxygens (including phenoxy) is 4. The van der Waals surface area contributed by atoms with E-state index in [1.807, 2.05) is 0 Å². The molecule has 0 saturated carbocycles. The van der Waals surface area contributed by atoms with Gasteiger partial charge in [-0.2, -0.15) is 0 Å². The van der Waals surface area contributed by atoms with Crippen molar-refractivity contribution in [1.29, 1.82) is 0 Å². The third-order valence-corrected chi connectivity index (χ3v) is 6.10. The summed E-state index contributed by atoms with van der Waals surface area (Å²) in [4.78, 5) is 23.5. The number of carboxylic acid groups (broad SMARTS) is 1. The van der Waals surface area contributed by atoms with Crippen LogP contribution in [0.3, 0.4) is 0 Å². The first kappa shape index (κ1) is 25.9. The average Bonchev–Trinajstić information content (AvgIpc) is 3.20. The maximum Gasteiger partial charge on any atom is 0.342 e. The van der Waals surface area contributed by atoms with E-state index < -0.39 is 49.3 Å². The van der Waals surface area contributed by atoms with E-state index in [1.54, 1.807) is 19.9 Å². The number of methoxy groups -OCH3 is 1. The van der Waals surface area contributed by atoms with Gasteiger partial charge >= 0.3 is 11.9 Å². The number of esters is 1. The normalized spacial score (nSPS) is 26.7. The molecule has 0 radical (unpaired) electrons. The van der Waals surface area contributed by atoms with Crippen LogP contribution in [-0.4, -0.2) is 81.9 Å². The fraction of sp³-hybridized carbons (Fsp3) is 0.565. The van der Waals surface area contributed by atoms with Crippen LogP contribution in [0.4, 0.5) is 0 Å². The predicted molar refractivity (Wildman–Crippen MR) is 116 cm³/mol. The Morgan fingerprint density at radius 3 is 2.47 bits per heavy atom. The molecule has 1 saturated heterocycles. The first-order valence-corrected chi connectivity index (χ1v) is 10.8. The lowest BCUT2D eigenvalue weighted by Crippen LogP contribution is -2.60. The van der Waals surface area contributed by atoms with Crippen LogP contribution in [-0.2, 0) is 27.3 Å². The average molecular weight is 482 g/mol. The summed E-state index contributed by atoms with van der Waals surface area (Å²) < 4.78 is 22.2. The summed E-state index contributed by atoms with van der Waals surface area (Å²) in [6.07, 6.45) is -5.36. The lowest BCUT2D eigenvalue weighted by Gasteiger charge is -2.40. The lowest BCUT2D eigenvalue weighted by atomic mass is 9.94. The molecular formula is C23H30O11. The van der Waals surface area contributed by atoms with Crippen molar-refractivity contribution in [2.75, 3.05) is 13.7 Å². The second-order valence-electron chi connectivity index (χ2n) is 8.36. The number of carboxylic acids is 1. The minimum absolute atomic E-state index is 0.00480. The minimum Gasteiger partial charge on any atom is -0.496 e. The molecule has 0 bridgehead atoms. The summed E-state index contributed by atoms with van der Waals surface area (Å²) in [5.41, 5.74) is 2.56. The van der Waals surface area contributed by atoms with E-state index >= 15 is 0 Å². The molecule has 2 heterocycles. The molecule has 3 rings (SSSR count). The van der Waals surface area contributed by atoms with Crippen molar-refractivity contribution < 1.29 is 54.1 Å². The Kier molecular flexibility index (Phi) is 8.16. The number of hydrogen-bond donors (Lipinski definition) is 5. The summed E-state index contributed by atoms with van der Waals surface area (Å²) in [5, 5.41) is 49.0. The third kappa shape index (κ3) is 5.03. The van der Waals surface area contributed by atoms with Crippen LogP contribution in [0.5, 0.6) is 11.5 Å². The highest BCUT2D eigenvalue weighted by molar-refractivity contribution is 5.98. The smallest absolute Gasteiger partial charge is 0.342 e. The fourth-order valence-electron chi connectivity index (χ4n) is 4.10. The van der Waals surface area contributed by atoms with Gasteiger partial charge in [-0.1, -0.05) is 11.6 Å². The summed E-state index contributed by atoms with van der Waals surface area (Å²) in [6, 6.07) is 0. The van der Waals surface area contributed by atoms with Crippen molar-refractivity contribution in [3.05, 3.63) is 33.9 Å². The number of carbonyl (C=O) groups is 2. The van der Waals surface area contributed by atoms with Gasteiger partial charge in [-0.3, -0.25) is 4.79 Å². The number of hydrogen-bond acceptors (Lipinski definition) is 10. The van der Waals surface area contributed by atoms with Gasteiger partial charge in [-0.15, -0.1) is 0 Å². The van der Waals surface area contributed by atoms with Crippen molar-refractivity contribution >= 4 is 11.9 Å². The van der Waals surface area contributed by atoms with Crippen molar-refractivity contribution in [2.45, 2.75) is 70.4 Å². The minimum atomic E-state index is -1.68. The van der Waals surface area contributed by atoms with E-state index in [-0.39, 0.29) is 30.8 Å². The zero-order chi connectivity index (χ0) is 25.2. The van der Waals surface area contributed by atoms with Crippen LogP contribution in [0.1, 0.15) is 46.8 Å². The van der Waals surface area contributed by atoms with Crippen molar-refractivity contribution in [3.63, 3.8) is 0 Å². The molecule has 188 valence electrons. The molecule has 2 aliphatic rings. The second kappa shape index (κ2) is 10.7. The maximum absolute atomic E-state index is 12.6. The Bertz CT molecular complexity index is 968. The number of benzene rings is 1. The number of aliphatic carboxylic acids is 1. The monoisotopic (exact) mass is 482 g/mol. The highest BCUT2D eigenvalue weighted by Gasteiger charge is 2.46. The van der Waals surface area contributed by atoms with E-state index in [0.717, 1.165) is 5.57 Å². The maximum atomic E-state index is 12.6. The molecule has 1 fully saturated rings. The zero-order valence-electron chi connectivity index (χ0n) is 19.2. The molecule has 11 nitrogen and oxygen atoms in total. The SMILES string of the molecule is COc1c(C)c2c(c(OC3O[C@H](CO)[C@@H](O)[C@H](O)[C@H]3O)c1C/C=C(\C)CCC(=O)O)C(=O)OC2. The van der Waals surface area contributed by atoms with E-state index in [9.17, 15) is 30.0 Å². The van der Waals surface area contributed by atoms with E-state index in [0.29, 0.717) is 28.9 Å². The molecule has 0 amide bonds. The molecule has 2 aliphatic heterocycles. The van der Waals surface area contributed by atoms with Crippen LogP contribution >= 0.6 is 0 Å². The van der Waals surface area contributed by atoms with Crippen LogP contribution < -0.4 is 9.47 Å². The van der Waals surface area contributed by atoms with Crippen LogP contribution in [0.2, 0.25) is 0 Å². The Labute approximate surface area is 196 Å². The molecule has 1 aromatic rings. The van der Waals surface area contributed by atoms with Crippen LogP contribution in [0.15, 0.2) is 11.6 Å². The number of aliphatic hydroxyl groups is 4. The van der Waals surface area contributed by atoms with Crippen LogP contribution in [0.25, 0.3) is 0 Å². The van der Waals surface area contributed by atoms with Gasteiger partial charge in [0.1, 0.15) is 48.1 Å². The van der Waals surface area contributed by atoms with E-state index in [1.165, 1.54) is 7.11 Å². The molecule has 11 heteroatoms. The Morgan fingerprint density at radius 2 is 1.85 bits per heavy atom. The summed E-state index contributed by atoms with van der Waals surface area (Å²) in [6.45, 7) is 2.90. The Balaban J connectivity index is 2.06. The lowest BCUT2D eigenvalue weighted by molar-refractivity contribution is -0.277. The number of aliphatic hydroxyl groups excluding tert-OH is 4. The van der Waals surface area contributed by atoms with Gasteiger partial charge in [-0.05, 0) is 32.3 Å². The van der Waals surface area contributed by atoms with Gasteiger partial charge in [0, 0.05) is 17.5 Å². The zero-order valence-corrected chi connectivity index (χ0v) is 19.2. The Hall–Kier alpha value is -2.70. The first-order chi connectivity index (χ1) is 16.1. The van der Waals surface area contributed by atoms with Crippen molar-refractivity contribution in [3.8, 4) is 11.5 Å². The molecule has 1 unspecified atom stereocenters. The van der Waals surface area contributed by atoms with Gasteiger partial charge in [0.05, 0.1) is 13.7 Å². The highest BCUT2D eigenvalue weighted by atomic mass is 16.7. The molecule has 1 aromatic carbocycles. The quantitative estimate of drug-likeness (QED) is 0.240. The standard InChI is InChI=1S/C23H30O11/c1-10(5-7-15(25)26)4-6-12-20(31-3)11(2)13-9-32-22(30)16(13)21(12)34-23-19(29)18(28)17(27)14(8-24)33-23/h4,14,17-19,23-24,27-29H,5-9H2,1-3H3,(H,25,26)/b10-4+/t14-,17-,18+,19-,23?/m1/s1. The number of allylic oxidation sites excluding steroid dienone is 2. The molecule has 0 aliphatic carbocycles. The predicted octanol–water partition coefficient (Wildman–Crippen LogP) is 0.206. The highest BCUT2D eigenvalue weighted by Crippen LogP contribution is 2.44. The number of cyclic esters (lactones) is 1. The molecule has 5 atom stereocenters. The van der Waals surface area contributed by atoms with Gasteiger partial charge in [-0.25, -0.2) is 4.79 Å². The summed E-state index contributed by atoms with van der Waals surface area (Å²) >= 11 is 0. The second-order valence-corrected chi connectivity index (χ2v) is 8.36. The third-order valence-electron chi connectivity index (χ3n) is 6.10. The molecule has 0 spiro atoms. The van der Waals surface area contributed by atoms with Gasteiger partial charge in [0.25, 0.3) is 0 Å². The van der Waals surface area contributed by atoms with Gasteiger partial charge in [0.2, 0.25) is 6.29 Å². The Morgan fingerprint density at radius 1 is 1.15 bits per heavy atom. The van der Waals surface area contributed by atoms with Crippen molar-refractivity contribution in [1.82, 2.24) is 0 Å². The van der Waals surface area contributed by atoms with Crippen LogP contribution in [0, 0.1) is 6.92 Å². The van der Waals surface area contributed by atoms with Gasteiger partial charge < -0.3 is 44.5 Å². The number of carbonyl (C=O) groups excluding carboxylic acids is 1. The number of fused-ring (bicyclic) bond motifs is 1. The van der Waals surface area contributed by atoms with Crippen molar-refractivity contribution in [2.24, 2.45) is 0 Å². The van der Waals surface area contributed by atoms with Gasteiger partial charge in [0.15, 0.2) is 0 Å².